The van der Waals surface area contributed by atoms with Crippen molar-refractivity contribution in [3.63, 3.8) is 0 Å². The molecule has 2 N–H and O–H groups in total. The molecule has 0 heterocycles. The molecular weight excluding hydrogens is 142 g/mol. The van der Waals surface area contributed by atoms with Crippen LogP contribution in [-0.2, 0) is 9.53 Å². The van der Waals surface area contributed by atoms with E-state index in [2.05, 4.69) is 6.92 Å². The SMILES string of the molecule is CC/C=C/COCCC(N)=O. The van der Waals surface area contributed by atoms with Crippen molar-refractivity contribution < 1.29 is 9.53 Å². The third kappa shape index (κ3) is 9.17. The first-order chi connectivity index (χ1) is 5.27. The van der Waals surface area contributed by atoms with E-state index in [9.17, 15) is 4.79 Å². The maximum Gasteiger partial charge on any atom is 0.219 e. The van der Waals surface area contributed by atoms with Crippen LogP contribution in [0.2, 0.25) is 0 Å². The van der Waals surface area contributed by atoms with Gasteiger partial charge in [-0.05, 0) is 6.42 Å². The Hall–Kier alpha value is -0.830. The Kier molecular flexibility index (Phi) is 6.73. The van der Waals surface area contributed by atoms with Crippen LogP contribution in [0.25, 0.3) is 0 Å². The summed E-state index contributed by atoms with van der Waals surface area (Å²) >= 11 is 0. The normalized spacial score (nSPS) is 10.6. The van der Waals surface area contributed by atoms with Gasteiger partial charge in [0, 0.05) is 6.42 Å². The zero-order valence-electron chi connectivity index (χ0n) is 6.88. The molecule has 0 radical (unpaired) electrons. The minimum atomic E-state index is -0.315. The second-order valence-electron chi connectivity index (χ2n) is 2.17. The van der Waals surface area contributed by atoms with Crippen LogP contribution in [-0.4, -0.2) is 19.1 Å². The van der Waals surface area contributed by atoms with Crippen LogP contribution in [0.3, 0.4) is 0 Å². The number of primary amides is 1. The lowest BCUT2D eigenvalue weighted by molar-refractivity contribution is -0.118. The Bertz CT molecular complexity index is 132. The third-order valence-electron chi connectivity index (χ3n) is 1.11. The van der Waals surface area contributed by atoms with Crippen LogP contribution in [0, 0.1) is 0 Å². The minimum Gasteiger partial charge on any atom is -0.377 e. The molecule has 0 atom stereocenters. The van der Waals surface area contributed by atoms with Crippen molar-refractivity contribution in [3.8, 4) is 0 Å². The monoisotopic (exact) mass is 157 g/mol. The Morgan fingerprint density at radius 2 is 2.27 bits per heavy atom. The molecule has 0 bridgehead atoms. The van der Waals surface area contributed by atoms with Gasteiger partial charge in [0.05, 0.1) is 13.2 Å². The number of rotatable bonds is 6. The van der Waals surface area contributed by atoms with Crippen molar-refractivity contribution in [2.45, 2.75) is 19.8 Å². The fourth-order valence-corrected chi connectivity index (χ4v) is 0.559. The molecule has 0 aromatic carbocycles. The van der Waals surface area contributed by atoms with Gasteiger partial charge in [-0.2, -0.15) is 0 Å². The molecule has 0 aliphatic carbocycles. The molecule has 0 spiro atoms. The van der Waals surface area contributed by atoms with E-state index < -0.39 is 0 Å². The first-order valence-corrected chi connectivity index (χ1v) is 3.78. The van der Waals surface area contributed by atoms with Crippen LogP contribution in [0.15, 0.2) is 12.2 Å². The number of nitrogens with two attached hydrogens (primary N) is 1. The number of carbonyl (C=O) groups excluding carboxylic acids is 1. The highest BCUT2D eigenvalue weighted by Crippen LogP contribution is 1.84. The minimum absolute atomic E-state index is 0.306. The van der Waals surface area contributed by atoms with E-state index in [-0.39, 0.29) is 5.91 Å². The molecule has 0 aromatic rings. The predicted octanol–water partition coefficient (Wildman–Crippen LogP) is 0.845. The second kappa shape index (κ2) is 7.28. The first-order valence-electron chi connectivity index (χ1n) is 3.78. The van der Waals surface area contributed by atoms with Crippen molar-refractivity contribution in [2.75, 3.05) is 13.2 Å². The quantitative estimate of drug-likeness (QED) is 0.459. The van der Waals surface area contributed by atoms with Crippen LogP contribution < -0.4 is 5.73 Å². The Morgan fingerprint density at radius 3 is 2.82 bits per heavy atom. The van der Waals surface area contributed by atoms with Crippen molar-refractivity contribution in [1.82, 2.24) is 0 Å². The van der Waals surface area contributed by atoms with E-state index in [1.165, 1.54) is 0 Å². The summed E-state index contributed by atoms with van der Waals surface area (Å²) in [7, 11) is 0. The number of hydrogen-bond donors (Lipinski definition) is 1. The molecule has 64 valence electrons. The summed E-state index contributed by atoms with van der Waals surface area (Å²) in [5.41, 5.74) is 4.90. The average Bonchev–Trinajstić information content (AvgIpc) is 1.96. The van der Waals surface area contributed by atoms with Gasteiger partial charge in [0.2, 0.25) is 5.91 Å². The van der Waals surface area contributed by atoms with E-state index in [1.54, 1.807) is 0 Å². The van der Waals surface area contributed by atoms with Gasteiger partial charge >= 0.3 is 0 Å². The molecule has 0 unspecified atom stereocenters. The topological polar surface area (TPSA) is 52.3 Å². The summed E-state index contributed by atoms with van der Waals surface area (Å²) < 4.78 is 5.06. The molecule has 0 fully saturated rings. The molecular formula is C8H15NO2. The number of hydrogen-bond acceptors (Lipinski definition) is 2. The molecule has 0 rings (SSSR count). The Balaban J connectivity index is 3.02. The van der Waals surface area contributed by atoms with E-state index in [1.807, 2.05) is 12.2 Å². The van der Waals surface area contributed by atoms with Crippen LogP contribution in [0.1, 0.15) is 19.8 Å². The molecule has 1 amide bonds. The summed E-state index contributed by atoms with van der Waals surface area (Å²) in [4.78, 5) is 10.2. The standard InChI is InChI=1S/C8H15NO2/c1-2-3-4-6-11-7-5-8(9)10/h3-4H,2,5-7H2,1H3,(H2,9,10)/b4-3+. The number of allylic oxidation sites excluding steroid dienone is 1. The predicted molar refractivity (Wildman–Crippen MR) is 44.1 cm³/mol. The number of amides is 1. The van der Waals surface area contributed by atoms with Crippen molar-refractivity contribution in [1.29, 1.82) is 0 Å². The van der Waals surface area contributed by atoms with Crippen molar-refractivity contribution >= 4 is 5.91 Å². The van der Waals surface area contributed by atoms with Gasteiger partial charge < -0.3 is 10.5 Å². The maximum atomic E-state index is 10.2. The third-order valence-corrected chi connectivity index (χ3v) is 1.11. The van der Waals surface area contributed by atoms with E-state index in [4.69, 9.17) is 10.5 Å². The van der Waals surface area contributed by atoms with Gasteiger partial charge in [-0.1, -0.05) is 19.1 Å². The fraction of sp³-hybridized carbons (Fsp3) is 0.625. The zero-order valence-corrected chi connectivity index (χ0v) is 6.88. The smallest absolute Gasteiger partial charge is 0.219 e. The van der Waals surface area contributed by atoms with Gasteiger partial charge in [0.15, 0.2) is 0 Å². The molecule has 0 saturated heterocycles. The van der Waals surface area contributed by atoms with E-state index in [0.29, 0.717) is 19.6 Å². The highest BCUT2D eigenvalue weighted by atomic mass is 16.5. The molecule has 11 heavy (non-hydrogen) atoms. The zero-order chi connectivity index (χ0) is 8.53. The van der Waals surface area contributed by atoms with Crippen LogP contribution in [0.4, 0.5) is 0 Å². The summed E-state index contributed by atoms with van der Waals surface area (Å²) in [6, 6.07) is 0. The molecule has 3 nitrogen and oxygen atoms in total. The molecule has 0 aliphatic heterocycles. The summed E-state index contributed by atoms with van der Waals surface area (Å²) in [6.45, 7) is 3.05. The van der Waals surface area contributed by atoms with Gasteiger partial charge in [0.1, 0.15) is 0 Å². The molecule has 3 heteroatoms. The Morgan fingerprint density at radius 1 is 1.55 bits per heavy atom. The largest absolute Gasteiger partial charge is 0.377 e. The van der Waals surface area contributed by atoms with Gasteiger partial charge in [-0.25, -0.2) is 0 Å². The second-order valence-corrected chi connectivity index (χ2v) is 2.17. The summed E-state index contributed by atoms with van der Waals surface area (Å²) in [5.74, 6) is -0.315. The summed E-state index contributed by atoms with van der Waals surface area (Å²) in [5, 5.41) is 0. The highest BCUT2D eigenvalue weighted by molar-refractivity contribution is 5.73. The lowest BCUT2D eigenvalue weighted by Gasteiger charge is -1.96. The van der Waals surface area contributed by atoms with Gasteiger partial charge in [0.25, 0.3) is 0 Å². The van der Waals surface area contributed by atoms with Crippen LogP contribution >= 0.6 is 0 Å². The number of carbonyl (C=O) groups is 1. The Labute approximate surface area is 67.2 Å². The maximum absolute atomic E-state index is 10.2. The van der Waals surface area contributed by atoms with Crippen molar-refractivity contribution in [3.05, 3.63) is 12.2 Å². The first kappa shape index (κ1) is 10.2. The molecule has 0 saturated carbocycles. The molecule has 0 aliphatic rings. The average molecular weight is 157 g/mol. The van der Waals surface area contributed by atoms with E-state index >= 15 is 0 Å². The lowest BCUT2D eigenvalue weighted by Crippen LogP contribution is -2.13. The van der Waals surface area contributed by atoms with Gasteiger partial charge in [-0.3, -0.25) is 4.79 Å². The summed E-state index contributed by atoms with van der Waals surface area (Å²) in [6.07, 6.45) is 5.27. The van der Waals surface area contributed by atoms with Gasteiger partial charge in [-0.15, -0.1) is 0 Å². The highest BCUT2D eigenvalue weighted by Gasteiger charge is 1.91. The fourth-order valence-electron chi connectivity index (χ4n) is 0.559. The lowest BCUT2D eigenvalue weighted by atomic mass is 10.4. The van der Waals surface area contributed by atoms with Crippen molar-refractivity contribution in [2.24, 2.45) is 5.73 Å². The van der Waals surface area contributed by atoms with E-state index in [0.717, 1.165) is 6.42 Å². The van der Waals surface area contributed by atoms with Crippen LogP contribution in [0.5, 0.6) is 0 Å². The number of ether oxygens (including phenoxy) is 1. The molecule has 0 aromatic heterocycles.